The summed E-state index contributed by atoms with van der Waals surface area (Å²) >= 11 is 1.42. The molecule has 132 valence electrons. The van der Waals surface area contributed by atoms with Crippen LogP contribution in [-0.2, 0) is 19.1 Å². The van der Waals surface area contributed by atoms with Crippen LogP contribution in [0.1, 0.15) is 25.5 Å². The highest BCUT2D eigenvalue weighted by atomic mass is 32.2. The van der Waals surface area contributed by atoms with Gasteiger partial charge in [-0.05, 0) is 19.4 Å². The summed E-state index contributed by atoms with van der Waals surface area (Å²) in [5.41, 5.74) is 1.84. The lowest BCUT2D eigenvalue weighted by atomic mass is 9.94. The van der Waals surface area contributed by atoms with Crippen LogP contribution in [0.2, 0.25) is 0 Å². The third-order valence-corrected chi connectivity index (χ3v) is 5.17. The molecule has 7 heteroatoms. The average Bonchev–Trinajstić information content (AvgIpc) is 2.88. The summed E-state index contributed by atoms with van der Waals surface area (Å²) in [4.78, 5) is 31.5. The van der Waals surface area contributed by atoms with E-state index in [1.54, 1.807) is 18.9 Å². The van der Waals surface area contributed by atoms with E-state index >= 15 is 0 Å². The third-order valence-electron chi connectivity index (χ3n) is 4.11. The standard InChI is InChI=1S/C18H20N2O4S/c1-11-14(17(22)24-10-9-23-3)15(13-7-5-4-6-8-13)20-16(21)12(2)25-18(20)19-11/h4-8,12,15H,9-10H2,1-3H3/t12-,15+/m1/s1. The Kier molecular flexibility index (Phi) is 5.24. The third kappa shape index (κ3) is 3.34. The number of carbonyl (C=O) groups is 2. The SMILES string of the molecule is COCCOC(=O)C1=C(C)N=C2S[C@H](C)C(=O)N2[C@H]1c1ccccc1. The summed E-state index contributed by atoms with van der Waals surface area (Å²) in [5, 5.41) is 0.416. The number of amidine groups is 1. The Bertz CT molecular complexity index is 745. The topological polar surface area (TPSA) is 68.2 Å². The van der Waals surface area contributed by atoms with E-state index in [-0.39, 0.29) is 17.8 Å². The normalized spacial score (nSPS) is 22.8. The van der Waals surface area contributed by atoms with Gasteiger partial charge >= 0.3 is 5.97 Å². The van der Waals surface area contributed by atoms with Crippen molar-refractivity contribution in [1.82, 2.24) is 4.90 Å². The molecule has 6 nitrogen and oxygen atoms in total. The number of ether oxygens (including phenoxy) is 2. The minimum absolute atomic E-state index is 0.0488. The van der Waals surface area contributed by atoms with Crippen LogP contribution in [-0.4, -0.2) is 47.5 Å². The van der Waals surface area contributed by atoms with Crippen molar-refractivity contribution in [2.45, 2.75) is 25.1 Å². The molecule has 2 aliphatic heterocycles. The molecular weight excluding hydrogens is 340 g/mol. The maximum absolute atomic E-state index is 12.7. The van der Waals surface area contributed by atoms with Crippen LogP contribution in [0.25, 0.3) is 0 Å². The van der Waals surface area contributed by atoms with Crippen molar-refractivity contribution in [1.29, 1.82) is 0 Å². The number of hydrogen-bond acceptors (Lipinski definition) is 6. The second-order valence-electron chi connectivity index (χ2n) is 5.80. The first-order valence-electron chi connectivity index (χ1n) is 8.04. The van der Waals surface area contributed by atoms with Gasteiger partial charge in [-0.15, -0.1) is 0 Å². The highest BCUT2D eigenvalue weighted by molar-refractivity contribution is 8.15. The molecule has 0 spiro atoms. The molecule has 0 saturated carbocycles. The molecule has 0 N–H and O–H groups in total. The quantitative estimate of drug-likeness (QED) is 0.596. The Morgan fingerprint density at radius 2 is 2.00 bits per heavy atom. The largest absolute Gasteiger partial charge is 0.460 e. The molecule has 1 fully saturated rings. The highest BCUT2D eigenvalue weighted by Crippen LogP contribution is 2.43. The van der Waals surface area contributed by atoms with Gasteiger partial charge in [-0.3, -0.25) is 9.69 Å². The molecule has 25 heavy (non-hydrogen) atoms. The fraction of sp³-hybridized carbons (Fsp3) is 0.389. The number of rotatable bonds is 5. The molecule has 0 bridgehead atoms. The summed E-state index contributed by atoms with van der Waals surface area (Å²) < 4.78 is 10.2. The van der Waals surface area contributed by atoms with E-state index in [0.29, 0.717) is 23.0 Å². The molecule has 1 aromatic carbocycles. The van der Waals surface area contributed by atoms with Crippen molar-refractivity contribution in [3.63, 3.8) is 0 Å². The lowest BCUT2D eigenvalue weighted by Gasteiger charge is -2.33. The van der Waals surface area contributed by atoms with Crippen molar-refractivity contribution in [3.05, 3.63) is 47.2 Å². The van der Waals surface area contributed by atoms with Crippen LogP contribution in [0, 0.1) is 0 Å². The zero-order valence-electron chi connectivity index (χ0n) is 14.4. The average molecular weight is 360 g/mol. The summed E-state index contributed by atoms with van der Waals surface area (Å²) in [6.07, 6.45) is 0. The number of benzene rings is 1. The zero-order chi connectivity index (χ0) is 18.0. The summed E-state index contributed by atoms with van der Waals surface area (Å²) in [5.74, 6) is -0.518. The Balaban J connectivity index is 2.02. The van der Waals surface area contributed by atoms with E-state index in [9.17, 15) is 9.59 Å². The van der Waals surface area contributed by atoms with Crippen LogP contribution in [0.15, 0.2) is 46.6 Å². The molecule has 2 atom stereocenters. The monoisotopic (exact) mass is 360 g/mol. The van der Waals surface area contributed by atoms with Crippen LogP contribution in [0.5, 0.6) is 0 Å². The lowest BCUT2D eigenvalue weighted by molar-refractivity contribution is -0.141. The molecule has 0 radical (unpaired) electrons. The van der Waals surface area contributed by atoms with Crippen molar-refractivity contribution >= 4 is 28.8 Å². The van der Waals surface area contributed by atoms with Crippen molar-refractivity contribution in [2.75, 3.05) is 20.3 Å². The first kappa shape index (κ1) is 17.7. The van der Waals surface area contributed by atoms with Gasteiger partial charge in [0.15, 0.2) is 5.17 Å². The molecule has 2 aliphatic rings. The molecule has 3 rings (SSSR count). The number of methoxy groups -OCH3 is 1. The maximum atomic E-state index is 12.7. The Labute approximate surface area is 150 Å². The van der Waals surface area contributed by atoms with Crippen LogP contribution in [0.3, 0.4) is 0 Å². The molecule has 1 amide bonds. The molecule has 0 aliphatic carbocycles. The van der Waals surface area contributed by atoms with Crippen molar-refractivity contribution in [2.24, 2.45) is 4.99 Å². The molecular formula is C18H20N2O4S. The van der Waals surface area contributed by atoms with E-state index in [0.717, 1.165) is 5.56 Å². The number of amides is 1. The predicted molar refractivity (Wildman–Crippen MR) is 96.1 cm³/mol. The molecule has 1 saturated heterocycles. The Hall–Kier alpha value is -2.12. The first-order valence-corrected chi connectivity index (χ1v) is 8.92. The minimum atomic E-state index is -0.520. The Morgan fingerprint density at radius 3 is 2.68 bits per heavy atom. The van der Waals surface area contributed by atoms with E-state index in [2.05, 4.69) is 4.99 Å². The smallest absolute Gasteiger partial charge is 0.338 e. The minimum Gasteiger partial charge on any atom is -0.460 e. The van der Waals surface area contributed by atoms with Crippen LogP contribution in [0.4, 0.5) is 0 Å². The molecule has 0 unspecified atom stereocenters. The summed E-state index contributed by atoms with van der Waals surface area (Å²) in [6.45, 7) is 4.10. The molecule has 1 aromatic rings. The summed E-state index contributed by atoms with van der Waals surface area (Å²) in [6, 6.07) is 8.97. The summed E-state index contributed by atoms with van der Waals surface area (Å²) in [7, 11) is 1.55. The van der Waals surface area contributed by atoms with Gasteiger partial charge in [-0.25, -0.2) is 9.79 Å². The number of allylic oxidation sites excluding steroid dienone is 1. The number of thioether (sulfide) groups is 1. The van der Waals surface area contributed by atoms with E-state index in [1.165, 1.54) is 11.8 Å². The van der Waals surface area contributed by atoms with E-state index in [1.807, 2.05) is 37.3 Å². The van der Waals surface area contributed by atoms with Crippen molar-refractivity contribution in [3.8, 4) is 0 Å². The predicted octanol–water partition coefficient (Wildman–Crippen LogP) is 2.52. The highest BCUT2D eigenvalue weighted by Gasteiger charge is 2.46. The van der Waals surface area contributed by atoms with Gasteiger partial charge < -0.3 is 9.47 Å². The van der Waals surface area contributed by atoms with Gasteiger partial charge in [-0.1, -0.05) is 42.1 Å². The lowest BCUT2D eigenvalue weighted by Crippen LogP contribution is -2.40. The molecule has 2 heterocycles. The van der Waals surface area contributed by atoms with Gasteiger partial charge in [-0.2, -0.15) is 0 Å². The zero-order valence-corrected chi connectivity index (χ0v) is 15.2. The van der Waals surface area contributed by atoms with Crippen LogP contribution < -0.4 is 0 Å². The van der Waals surface area contributed by atoms with Gasteiger partial charge in [0.1, 0.15) is 6.61 Å². The Morgan fingerprint density at radius 1 is 1.28 bits per heavy atom. The van der Waals surface area contributed by atoms with Gasteiger partial charge in [0.05, 0.1) is 29.2 Å². The number of esters is 1. The number of fused-ring (bicyclic) bond motifs is 1. The maximum Gasteiger partial charge on any atom is 0.338 e. The number of carbonyl (C=O) groups excluding carboxylic acids is 2. The van der Waals surface area contributed by atoms with E-state index < -0.39 is 12.0 Å². The second kappa shape index (κ2) is 7.41. The number of nitrogens with zero attached hydrogens (tertiary/aromatic N) is 2. The van der Waals surface area contributed by atoms with E-state index in [4.69, 9.17) is 9.47 Å². The fourth-order valence-electron chi connectivity index (χ4n) is 2.91. The number of aliphatic imine (C=N–C) groups is 1. The second-order valence-corrected chi connectivity index (χ2v) is 7.11. The van der Waals surface area contributed by atoms with Crippen molar-refractivity contribution < 1.29 is 19.1 Å². The molecule has 0 aromatic heterocycles. The first-order chi connectivity index (χ1) is 12.0. The fourth-order valence-corrected chi connectivity index (χ4v) is 3.94. The van der Waals surface area contributed by atoms with Crippen LogP contribution >= 0.6 is 11.8 Å². The van der Waals surface area contributed by atoms with Gasteiger partial charge in [0, 0.05) is 7.11 Å². The number of hydrogen-bond donors (Lipinski definition) is 0. The van der Waals surface area contributed by atoms with Gasteiger partial charge in [0.25, 0.3) is 0 Å². The van der Waals surface area contributed by atoms with Gasteiger partial charge in [0.2, 0.25) is 5.91 Å².